The first kappa shape index (κ1) is 12.9. The van der Waals surface area contributed by atoms with Gasteiger partial charge in [0, 0.05) is 11.1 Å². The molecule has 0 fully saturated rings. The first-order valence-electron chi connectivity index (χ1n) is 6.92. The Bertz CT molecular complexity index is 558. The average Bonchev–Trinajstić information content (AvgIpc) is 2.74. The van der Waals surface area contributed by atoms with E-state index in [1.165, 1.54) is 4.90 Å². The van der Waals surface area contributed by atoms with Gasteiger partial charge in [0.05, 0.1) is 13.7 Å². The summed E-state index contributed by atoms with van der Waals surface area (Å²) >= 11 is 0. The molecule has 0 spiro atoms. The quantitative estimate of drug-likeness (QED) is 0.793. The van der Waals surface area contributed by atoms with Crippen molar-refractivity contribution in [3.63, 3.8) is 0 Å². The molecule has 0 radical (unpaired) electrons. The summed E-state index contributed by atoms with van der Waals surface area (Å²) in [6.45, 7) is 0.342. The number of methoxy groups -OCH3 is 1. The van der Waals surface area contributed by atoms with E-state index in [1.54, 1.807) is 7.11 Å². The van der Waals surface area contributed by atoms with Gasteiger partial charge in [-0.15, -0.1) is 0 Å². The third-order valence-corrected chi connectivity index (χ3v) is 3.97. The number of benzene rings is 1. The van der Waals surface area contributed by atoms with Crippen LogP contribution in [0.1, 0.15) is 31.2 Å². The first-order valence-corrected chi connectivity index (χ1v) is 6.92. The van der Waals surface area contributed by atoms with Gasteiger partial charge in [-0.1, -0.05) is 12.1 Å². The van der Waals surface area contributed by atoms with Crippen LogP contribution in [0.3, 0.4) is 0 Å². The normalized spacial score (nSPS) is 18.6. The largest absolute Gasteiger partial charge is 0.497 e. The zero-order valence-corrected chi connectivity index (χ0v) is 11.5. The van der Waals surface area contributed by atoms with Crippen LogP contribution in [0.2, 0.25) is 0 Å². The summed E-state index contributed by atoms with van der Waals surface area (Å²) in [7, 11) is 1.61. The molecule has 0 unspecified atom stereocenters. The molecule has 3 rings (SSSR count). The SMILES string of the molecule is COc1ccc(CN2C(=O)C3=C(CCCC3)C2=O)cc1. The van der Waals surface area contributed by atoms with Crippen LogP contribution in [0.25, 0.3) is 0 Å². The molecule has 104 valence electrons. The lowest BCUT2D eigenvalue weighted by Gasteiger charge is -2.15. The molecule has 20 heavy (non-hydrogen) atoms. The summed E-state index contributed by atoms with van der Waals surface area (Å²) in [4.78, 5) is 26.0. The van der Waals surface area contributed by atoms with E-state index in [4.69, 9.17) is 4.74 Å². The lowest BCUT2D eigenvalue weighted by molar-refractivity contribution is -0.138. The van der Waals surface area contributed by atoms with Crippen LogP contribution in [0, 0.1) is 0 Å². The highest BCUT2D eigenvalue weighted by molar-refractivity contribution is 6.19. The Labute approximate surface area is 118 Å². The number of hydrogen-bond acceptors (Lipinski definition) is 3. The van der Waals surface area contributed by atoms with E-state index in [9.17, 15) is 9.59 Å². The third-order valence-electron chi connectivity index (χ3n) is 3.97. The van der Waals surface area contributed by atoms with Crippen molar-refractivity contribution in [3.05, 3.63) is 41.0 Å². The third kappa shape index (κ3) is 2.11. The fraction of sp³-hybridized carbons (Fsp3) is 0.375. The van der Waals surface area contributed by atoms with Crippen LogP contribution in [0.15, 0.2) is 35.4 Å². The van der Waals surface area contributed by atoms with Crippen molar-refractivity contribution in [1.29, 1.82) is 0 Å². The monoisotopic (exact) mass is 271 g/mol. The minimum absolute atomic E-state index is 0.0967. The molecule has 0 N–H and O–H groups in total. The predicted octanol–water partition coefficient (Wildman–Crippen LogP) is 2.43. The Balaban J connectivity index is 1.78. The van der Waals surface area contributed by atoms with Gasteiger partial charge in [0.15, 0.2) is 0 Å². The molecule has 1 aliphatic carbocycles. The van der Waals surface area contributed by atoms with Gasteiger partial charge in [-0.25, -0.2) is 0 Å². The van der Waals surface area contributed by atoms with Gasteiger partial charge in [0.2, 0.25) is 0 Å². The number of rotatable bonds is 3. The van der Waals surface area contributed by atoms with Crippen LogP contribution in [0.5, 0.6) is 5.75 Å². The zero-order chi connectivity index (χ0) is 14.1. The maximum atomic E-state index is 12.3. The molecule has 2 aliphatic rings. The van der Waals surface area contributed by atoms with Gasteiger partial charge in [-0.2, -0.15) is 0 Å². The van der Waals surface area contributed by atoms with E-state index in [2.05, 4.69) is 0 Å². The van der Waals surface area contributed by atoms with Crippen LogP contribution in [-0.2, 0) is 16.1 Å². The first-order chi connectivity index (χ1) is 9.70. The average molecular weight is 271 g/mol. The lowest BCUT2D eigenvalue weighted by atomic mass is 9.93. The number of imide groups is 1. The highest BCUT2D eigenvalue weighted by Gasteiger charge is 2.38. The van der Waals surface area contributed by atoms with Gasteiger partial charge >= 0.3 is 0 Å². The van der Waals surface area contributed by atoms with Crippen LogP contribution < -0.4 is 4.74 Å². The summed E-state index contributed by atoms with van der Waals surface area (Å²) in [6, 6.07) is 7.45. The van der Waals surface area contributed by atoms with Gasteiger partial charge in [-0.3, -0.25) is 14.5 Å². The molecule has 0 atom stereocenters. The molecular weight excluding hydrogens is 254 g/mol. The number of ether oxygens (including phenoxy) is 1. The van der Waals surface area contributed by atoms with E-state index >= 15 is 0 Å². The Morgan fingerprint density at radius 1 is 1.00 bits per heavy atom. The Morgan fingerprint density at radius 2 is 1.55 bits per heavy atom. The smallest absolute Gasteiger partial charge is 0.257 e. The van der Waals surface area contributed by atoms with Crippen molar-refractivity contribution in [2.75, 3.05) is 7.11 Å². The van der Waals surface area contributed by atoms with E-state index in [-0.39, 0.29) is 11.8 Å². The van der Waals surface area contributed by atoms with Crippen molar-refractivity contribution in [2.45, 2.75) is 32.2 Å². The molecule has 1 aromatic rings. The second-order valence-corrected chi connectivity index (χ2v) is 5.21. The molecular formula is C16H17NO3. The maximum absolute atomic E-state index is 12.3. The fourth-order valence-corrected chi connectivity index (χ4v) is 2.85. The highest BCUT2D eigenvalue weighted by atomic mass is 16.5. The van der Waals surface area contributed by atoms with Gasteiger partial charge < -0.3 is 4.74 Å². The van der Waals surface area contributed by atoms with Crippen molar-refractivity contribution in [3.8, 4) is 5.75 Å². The Morgan fingerprint density at radius 3 is 2.05 bits per heavy atom. The molecule has 1 aliphatic heterocycles. The van der Waals surface area contributed by atoms with Crippen LogP contribution in [-0.4, -0.2) is 23.8 Å². The Kier molecular flexibility index (Phi) is 3.30. The summed E-state index contributed by atoms with van der Waals surface area (Å²) in [5, 5.41) is 0. The van der Waals surface area contributed by atoms with Crippen molar-refractivity contribution < 1.29 is 14.3 Å². The molecule has 0 saturated carbocycles. The van der Waals surface area contributed by atoms with E-state index in [1.807, 2.05) is 24.3 Å². The second-order valence-electron chi connectivity index (χ2n) is 5.21. The molecule has 2 amide bonds. The van der Waals surface area contributed by atoms with Crippen LogP contribution >= 0.6 is 0 Å². The van der Waals surface area contributed by atoms with Gasteiger partial charge in [-0.05, 0) is 43.4 Å². The standard InChI is InChI=1S/C16H17NO3/c1-20-12-8-6-11(7-9-12)10-17-15(18)13-4-2-3-5-14(13)16(17)19/h6-9H,2-5,10H2,1H3. The molecule has 4 heteroatoms. The number of carbonyl (C=O) groups is 2. The van der Waals surface area contributed by atoms with Crippen molar-refractivity contribution in [1.82, 2.24) is 4.90 Å². The van der Waals surface area contributed by atoms with Crippen LogP contribution in [0.4, 0.5) is 0 Å². The predicted molar refractivity (Wildman–Crippen MR) is 74.0 cm³/mol. The summed E-state index contributed by atoms with van der Waals surface area (Å²) in [5.74, 6) is 0.575. The number of hydrogen-bond donors (Lipinski definition) is 0. The number of amides is 2. The highest BCUT2D eigenvalue weighted by Crippen LogP contribution is 2.33. The fourth-order valence-electron chi connectivity index (χ4n) is 2.85. The summed E-state index contributed by atoms with van der Waals surface area (Å²) < 4.78 is 5.10. The van der Waals surface area contributed by atoms with Gasteiger partial charge in [0.25, 0.3) is 11.8 Å². The molecule has 0 saturated heterocycles. The molecule has 0 aromatic heterocycles. The maximum Gasteiger partial charge on any atom is 0.257 e. The molecule has 0 bridgehead atoms. The lowest BCUT2D eigenvalue weighted by Crippen LogP contribution is -2.31. The topological polar surface area (TPSA) is 46.6 Å². The minimum Gasteiger partial charge on any atom is -0.497 e. The van der Waals surface area contributed by atoms with E-state index in [0.29, 0.717) is 6.54 Å². The molecule has 4 nitrogen and oxygen atoms in total. The second kappa shape index (κ2) is 5.12. The van der Waals surface area contributed by atoms with Crippen molar-refractivity contribution >= 4 is 11.8 Å². The summed E-state index contributed by atoms with van der Waals surface area (Å²) in [5.41, 5.74) is 2.43. The van der Waals surface area contributed by atoms with E-state index in [0.717, 1.165) is 48.1 Å². The molecule has 1 heterocycles. The zero-order valence-electron chi connectivity index (χ0n) is 11.5. The van der Waals surface area contributed by atoms with E-state index < -0.39 is 0 Å². The van der Waals surface area contributed by atoms with Gasteiger partial charge in [0.1, 0.15) is 5.75 Å². The number of carbonyl (C=O) groups excluding carboxylic acids is 2. The number of nitrogens with zero attached hydrogens (tertiary/aromatic N) is 1. The Hall–Kier alpha value is -2.10. The summed E-state index contributed by atoms with van der Waals surface area (Å²) in [6.07, 6.45) is 3.51. The molecule has 1 aromatic carbocycles. The van der Waals surface area contributed by atoms with Crippen molar-refractivity contribution in [2.24, 2.45) is 0 Å². The minimum atomic E-state index is -0.0967.